The van der Waals surface area contributed by atoms with Crippen molar-refractivity contribution in [2.45, 2.75) is 13.8 Å². The van der Waals surface area contributed by atoms with E-state index >= 15 is 0 Å². The second-order valence-corrected chi connectivity index (χ2v) is 4.98. The van der Waals surface area contributed by atoms with Gasteiger partial charge in [-0.25, -0.2) is 0 Å². The van der Waals surface area contributed by atoms with Gasteiger partial charge in [0.05, 0.1) is 11.6 Å². The molecule has 0 aliphatic rings. The van der Waals surface area contributed by atoms with Gasteiger partial charge >= 0.3 is 5.97 Å². The number of carboxylic acid groups (broad SMARTS) is 1. The molecule has 0 radical (unpaired) electrons. The van der Waals surface area contributed by atoms with Gasteiger partial charge in [0, 0.05) is 12.1 Å². The van der Waals surface area contributed by atoms with Crippen molar-refractivity contribution in [1.82, 2.24) is 15.5 Å². The van der Waals surface area contributed by atoms with Gasteiger partial charge in [-0.3, -0.25) is 14.7 Å². The summed E-state index contributed by atoms with van der Waals surface area (Å²) in [5, 5.41) is 18.1. The molecule has 6 heteroatoms. The zero-order valence-electron chi connectivity index (χ0n) is 11.9. The number of amides is 1. The van der Waals surface area contributed by atoms with Crippen molar-refractivity contribution in [3.63, 3.8) is 0 Å². The van der Waals surface area contributed by atoms with Crippen LogP contribution < -0.4 is 5.32 Å². The van der Waals surface area contributed by atoms with E-state index in [0.29, 0.717) is 11.4 Å². The Kier molecular flexibility index (Phi) is 4.37. The topological polar surface area (TPSA) is 95.1 Å². The Morgan fingerprint density at radius 3 is 2.62 bits per heavy atom. The predicted octanol–water partition coefficient (Wildman–Crippen LogP) is 1.84. The maximum absolute atomic E-state index is 11.9. The lowest BCUT2D eigenvalue weighted by Crippen LogP contribution is -2.31. The van der Waals surface area contributed by atoms with E-state index in [2.05, 4.69) is 15.5 Å². The summed E-state index contributed by atoms with van der Waals surface area (Å²) in [5.74, 6) is -1.94. The van der Waals surface area contributed by atoms with Gasteiger partial charge in [-0.1, -0.05) is 36.8 Å². The molecular weight excluding hydrogens is 270 g/mol. The van der Waals surface area contributed by atoms with Crippen LogP contribution in [0.3, 0.4) is 0 Å². The van der Waals surface area contributed by atoms with Crippen LogP contribution in [0.25, 0.3) is 11.3 Å². The van der Waals surface area contributed by atoms with Gasteiger partial charge in [0.2, 0.25) is 0 Å². The van der Waals surface area contributed by atoms with Crippen molar-refractivity contribution in [2.24, 2.45) is 5.92 Å². The summed E-state index contributed by atoms with van der Waals surface area (Å²) >= 11 is 0. The Morgan fingerprint density at radius 1 is 1.33 bits per heavy atom. The van der Waals surface area contributed by atoms with E-state index in [1.54, 1.807) is 6.07 Å². The van der Waals surface area contributed by atoms with Crippen LogP contribution in [-0.4, -0.2) is 33.7 Å². The molecule has 1 amide bonds. The molecule has 0 bridgehead atoms. The van der Waals surface area contributed by atoms with Gasteiger partial charge in [-0.2, -0.15) is 5.10 Å². The number of hydrogen-bond acceptors (Lipinski definition) is 3. The minimum Gasteiger partial charge on any atom is -0.481 e. The molecule has 0 spiro atoms. The van der Waals surface area contributed by atoms with E-state index < -0.39 is 11.9 Å². The summed E-state index contributed by atoms with van der Waals surface area (Å²) < 4.78 is 0. The third-order valence-electron chi connectivity index (χ3n) is 3.16. The molecule has 110 valence electrons. The number of nitrogens with zero attached hydrogens (tertiary/aromatic N) is 1. The SMILES string of the molecule is Cc1ccc(-c2cc(C(=O)NCC(C)C(=O)O)[nH]n2)cc1. The average molecular weight is 287 g/mol. The van der Waals surface area contributed by atoms with Crippen LogP contribution in [0.5, 0.6) is 0 Å². The van der Waals surface area contributed by atoms with Crippen LogP contribution in [0.1, 0.15) is 23.0 Å². The number of rotatable bonds is 5. The molecule has 1 aromatic heterocycles. The van der Waals surface area contributed by atoms with Crippen LogP contribution >= 0.6 is 0 Å². The highest BCUT2D eigenvalue weighted by Crippen LogP contribution is 2.18. The minimum absolute atomic E-state index is 0.0764. The summed E-state index contributed by atoms with van der Waals surface area (Å²) in [7, 11) is 0. The number of aromatic nitrogens is 2. The third-order valence-corrected chi connectivity index (χ3v) is 3.16. The number of carbonyl (C=O) groups is 2. The Balaban J connectivity index is 2.04. The molecule has 0 fully saturated rings. The first-order valence-corrected chi connectivity index (χ1v) is 6.61. The van der Waals surface area contributed by atoms with E-state index in [0.717, 1.165) is 11.1 Å². The number of aliphatic carboxylic acids is 1. The molecule has 0 aliphatic carbocycles. The summed E-state index contributed by atoms with van der Waals surface area (Å²) in [6.07, 6.45) is 0. The van der Waals surface area contributed by atoms with E-state index in [9.17, 15) is 9.59 Å². The highest BCUT2D eigenvalue weighted by atomic mass is 16.4. The molecule has 0 saturated carbocycles. The van der Waals surface area contributed by atoms with Crippen molar-refractivity contribution in [1.29, 1.82) is 0 Å². The first kappa shape index (κ1) is 14.8. The zero-order valence-corrected chi connectivity index (χ0v) is 11.9. The van der Waals surface area contributed by atoms with E-state index in [4.69, 9.17) is 5.11 Å². The van der Waals surface area contributed by atoms with Crippen LogP contribution in [0.4, 0.5) is 0 Å². The zero-order chi connectivity index (χ0) is 15.4. The van der Waals surface area contributed by atoms with E-state index in [1.165, 1.54) is 6.92 Å². The van der Waals surface area contributed by atoms with Crippen molar-refractivity contribution in [3.8, 4) is 11.3 Å². The summed E-state index contributed by atoms with van der Waals surface area (Å²) in [6.45, 7) is 3.61. The maximum Gasteiger partial charge on any atom is 0.308 e. The molecule has 3 N–H and O–H groups in total. The number of aromatic amines is 1. The molecule has 2 rings (SSSR count). The Labute approximate surface area is 122 Å². The second kappa shape index (κ2) is 6.21. The van der Waals surface area contributed by atoms with E-state index in [-0.39, 0.29) is 12.5 Å². The highest BCUT2D eigenvalue weighted by Gasteiger charge is 2.15. The van der Waals surface area contributed by atoms with Gasteiger partial charge < -0.3 is 10.4 Å². The van der Waals surface area contributed by atoms with Crippen molar-refractivity contribution < 1.29 is 14.7 Å². The van der Waals surface area contributed by atoms with Crippen molar-refractivity contribution >= 4 is 11.9 Å². The number of H-pyrrole nitrogens is 1. The number of nitrogens with one attached hydrogen (secondary N) is 2. The standard InChI is InChI=1S/C15H17N3O3/c1-9-3-5-11(6-4-9)12-7-13(18-17-12)14(19)16-8-10(2)15(20)21/h3-7,10H,8H2,1-2H3,(H,16,19)(H,17,18)(H,20,21). The molecular formula is C15H17N3O3. The fraction of sp³-hybridized carbons (Fsp3) is 0.267. The molecule has 0 aliphatic heterocycles. The maximum atomic E-state index is 11.9. The molecule has 2 aromatic rings. The van der Waals surface area contributed by atoms with Gasteiger partial charge in [-0.05, 0) is 13.0 Å². The summed E-state index contributed by atoms with van der Waals surface area (Å²) in [4.78, 5) is 22.6. The predicted molar refractivity (Wildman–Crippen MR) is 77.9 cm³/mol. The first-order chi connectivity index (χ1) is 9.97. The van der Waals surface area contributed by atoms with Gasteiger partial charge in [0.15, 0.2) is 0 Å². The number of benzene rings is 1. The molecule has 0 saturated heterocycles. The fourth-order valence-electron chi connectivity index (χ4n) is 1.74. The van der Waals surface area contributed by atoms with Gasteiger partial charge in [0.25, 0.3) is 5.91 Å². The molecule has 1 atom stereocenters. The van der Waals surface area contributed by atoms with Gasteiger partial charge in [-0.15, -0.1) is 0 Å². The largest absolute Gasteiger partial charge is 0.481 e. The minimum atomic E-state index is -0.944. The second-order valence-electron chi connectivity index (χ2n) is 4.98. The smallest absolute Gasteiger partial charge is 0.308 e. The highest BCUT2D eigenvalue weighted by molar-refractivity contribution is 5.93. The number of carboxylic acids is 1. The van der Waals surface area contributed by atoms with Crippen LogP contribution in [-0.2, 0) is 4.79 Å². The summed E-state index contributed by atoms with van der Waals surface area (Å²) in [6, 6.07) is 9.45. The molecule has 1 unspecified atom stereocenters. The normalized spacial score (nSPS) is 11.9. The van der Waals surface area contributed by atoms with Crippen molar-refractivity contribution in [3.05, 3.63) is 41.6 Å². The molecule has 21 heavy (non-hydrogen) atoms. The average Bonchev–Trinajstić information content (AvgIpc) is 2.94. The molecule has 1 heterocycles. The van der Waals surface area contributed by atoms with Crippen LogP contribution in [0.15, 0.2) is 30.3 Å². The lowest BCUT2D eigenvalue weighted by atomic mass is 10.1. The van der Waals surface area contributed by atoms with Crippen LogP contribution in [0, 0.1) is 12.8 Å². The monoisotopic (exact) mass is 287 g/mol. The number of carbonyl (C=O) groups excluding carboxylic acids is 1. The summed E-state index contributed by atoms with van der Waals surface area (Å²) in [5.41, 5.74) is 3.04. The number of hydrogen-bond donors (Lipinski definition) is 3. The van der Waals surface area contributed by atoms with Crippen molar-refractivity contribution in [2.75, 3.05) is 6.54 Å². The Bertz CT molecular complexity index is 646. The Hall–Kier alpha value is -2.63. The fourth-order valence-corrected chi connectivity index (χ4v) is 1.74. The quantitative estimate of drug-likeness (QED) is 0.782. The molecule has 6 nitrogen and oxygen atoms in total. The van der Waals surface area contributed by atoms with Crippen LogP contribution in [0.2, 0.25) is 0 Å². The lowest BCUT2D eigenvalue weighted by Gasteiger charge is -2.06. The van der Waals surface area contributed by atoms with Gasteiger partial charge in [0.1, 0.15) is 5.69 Å². The number of aryl methyl sites for hydroxylation is 1. The molecule has 1 aromatic carbocycles. The first-order valence-electron chi connectivity index (χ1n) is 6.61. The van der Waals surface area contributed by atoms with E-state index in [1.807, 2.05) is 31.2 Å². The Morgan fingerprint density at radius 2 is 2.00 bits per heavy atom. The third kappa shape index (κ3) is 3.68. The lowest BCUT2D eigenvalue weighted by molar-refractivity contribution is -0.140.